The van der Waals surface area contributed by atoms with Gasteiger partial charge in [-0.1, -0.05) is 29.8 Å². The van der Waals surface area contributed by atoms with Crippen LogP contribution in [0.4, 0.5) is 0 Å². The summed E-state index contributed by atoms with van der Waals surface area (Å²) in [5, 5.41) is 1.38. The van der Waals surface area contributed by atoms with Crippen LogP contribution in [0.25, 0.3) is 16.7 Å². The zero-order valence-electron chi connectivity index (χ0n) is 14.4. The molecule has 0 bridgehead atoms. The van der Waals surface area contributed by atoms with Crippen molar-refractivity contribution in [3.63, 3.8) is 0 Å². The van der Waals surface area contributed by atoms with E-state index in [9.17, 15) is 4.79 Å². The first-order valence-corrected chi connectivity index (χ1v) is 8.64. The number of carbonyl (C=O) groups excluding carboxylic acids is 1. The third kappa shape index (κ3) is 2.59. The first kappa shape index (κ1) is 16.5. The van der Waals surface area contributed by atoms with Crippen molar-refractivity contribution in [1.29, 1.82) is 0 Å². The van der Waals surface area contributed by atoms with Crippen molar-refractivity contribution in [2.75, 3.05) is 0 Å². The molecule has 4 nitrogen and oxygen atoms in total. The number of halogens is 1. The molecule has 5 heteroatoms. The van der Waals surface area contributed by atoms with Crippen molar-refractivity contribution in [2.45, 2.75) is 13.8 Å². The Kier molecular flexibility index (Phi) is 4.05. The van der Waals surface area contributed by atoms with Gasteiger partial charge in [-0.25, -0.2) is 9.97 Å². The lowest BCUT2D eigenvalue weighted by molar-refractivity contribution is 0.103. The van der Waals surface area contributed by atoms with E-state index in [-0.39, 0.29) is 5.78 Å². The minimum Gasteiger partial charge on any atom is -0.298 e. The second-order valence-corrected chi connectivity index (χ2v) is 6.57. The second kappa shape index (κ2) is 6.39. The van der Waals surface area contributed by atoms with Gasteiger partial charge < -0.3 is 0 Å². The molecule has 0 N–H and O–H groups in total. The molecule has 0 radical (unpaired) electrons. The van der Waals surface area contributed by atoms with E-state index in [1.165, 1.54) is 6.33 Å². The van der Waals surface area contributed by atoms with Crippen LogP contribution in [0.2, 0.25) is 5.02 Å². The molecule has 0 saturated carbocycles. The maximum atomic E-state index is 13.0. The number of carbonyl (C=O) groups is 1. The topological polar surface area (TPSA) is 47.8 Å². The molecule has 0 amide bonds. The van der Waals surface area contributed by atoms with Crippen molar-refractivity contribution in [1.82, 2.24) is 14.5 Å². The Hall–Kier alpha value is -2.98. The predicted molar refractivity (Wildman–Crippen MR) is 103 cm³/mol. The van der Waals surface area contributed by atoms with E-state index in [1.807, 2.05) is 44.2 Å². The minimum atomic E-state index is -0.137. The molecule has 0 unspecified atom stereocenters. The maximum absolute atomic E-state index is 13.0. The lowest BCUT2D eigenvalue weighted by atomic mass is 10.0. The first-order chi connectivity index (χ1) is 12.6. The van der Waals surface area contributed by atoms with Gasteiger partial charge in [-0.3, -0.25) is 9.36 Å². The van der Waals surface area contributed by atoms with Crippen molar-refractivity contribution in [3.05, 3.63) is 88.5 Å². The molecular formula is C21H16ClN3O. The van der Waals surface area contributed by atoms with E-state index in [4.69, 9.17) is 11.6 Å². The Bertz CT molecular complexity index is 1120. The van der Waals surface area contributed by atoms with Crippen LogP contribution in [-0.4, -0.2) is 20.3 Å². The summed E-state index contributed by atoms with van der Waals surface area (Å²) in [6.45, 7) is 4.03. The van der Waals surface area contributed by atoms with Crippen molar-refractivity contribution in [3.8, 4) is 5.69 Å². The highest BCUT2D eigenvalue weighted by Crippen LogP contribution is 2.30. The number of fused-ring (bicyclic) bond motifs is 1. The van der Waals surface area contributed by atoms with Gasteiger partial charge in [0.1, 0.15) is 17.7 Å². The van der Waals surface area contributed by atoms with Gasteiger partial charge in [-0.15, -0.1) is 0 Å². The van der Waals surface area contributed by atoms with Crippen LogP contribution < -0.4 is 0 Å². The summed E-state index contributed by atoms with van der Waals surface area (Å²) in [6.07, 6.45) is 1.45. The highest BCUT2D eigenvalue weighted by Gasteiger charge is 2.22. The van der Waals surface area contributed by atoms with Crippen LogP contribution in [0.3, 0.4) is 0 Å². The fourth-order valence-corrected chi connectivity index (χ4v) is 3.33. The first-order valence-electron chi connectivity index (χ1n) is 8.26. The van der Waals surface area contributed by atoms with Crippen molar-refractivity contribution >= 4 is 28.4 Å². The summed E-state index contributed by atoms with van der Waals surface area (Å²) in [5.41, 5.74) is 4.75. The van der Waals surface area contributed by atoms with E-state index in [0.717, 1.165) is 28.0 Å². The number of nitrogens with zero attached hydrogens (tertiary/aromatic N) is 3. The molecule has 0 aliphatic heterocycles. The lowest BCUT2D eigenvalue weighted by Gasteiger charge is -2.07. The fraction of sp³-hybridized carbons (Fsp3) is 0.0952. The third-order valence-corrected chi connectivity index (χ3v) is 4.88. The van der Waals surface area contributed by atoms with Crippen molar-refractivity contribution < 1.29 is 4.79 Å². The smallest absolute Gasteiger partial charge is 0.212 e. The molecule has 0 aliphatic rings. The molecule has 0 aliphatic carbocycles. The number of benzene rings is 2. The van der Waals surface area contributed by atoms with Crippen molar-refractivity contribution in [2.24, 2.45) is 0 Å². The fourth-order valence-electron chi connectivity index (χ4n) is 3.20. The SMILES string of the molecule is Cc1c(C)n(-c2ccccc2)c2ncnc(C(=O)c3ccc(Cl)cc3)c12. The zero-order valence-corrected chi connectivity index (χ0v) is 15.2. The number of para-hydroxylation sites is 1. The van der Waals surface area contributed by atoms with E-state index in [0.29, 0.717) is 16.3 Å². The number of rotatable bonds is 3. The number of aromatic nitrogens is 3. The minimum absolute atomic E-state index is 0.137. The van der Waals surface area contributed by atoms with Gasteiger partial charge in [0.05, 0.1) is 5.39 Å². The quantitative estimate of drug-likeness (QED) is 0.486. The number of aryl methyl sites for hydroxylation is 1. The van der Waals surface area contributed by atoms with E-state index in [1.54, 1.807) is 24.3 Å². The predicted octanol–water partition coefficient (Wildman–Crippen LogP) is 4.92. The van der Waals surface area contributed by atoms with Crippen LogP contribution in [0.1, 0.15) is 27.3 Å². The molecule has 2 aromatic carbocycles. The molecule has 4 aromatic rings. The Morgan fingerprint density at radius 1 is 0.962 bits per heavy atom. The van der Waals surface area contributed by atoms with Crippen LogP contribution in [0.15, 0.2) is 60.9 Å². The molecule has 26 heavy (non-hydrogen) atoms. The largest absolute Gasteiger partial charge is 0.298 e. The average Bonchev–Trinajstić information content (AvgIpc) is 2.93. The summed E-state index contributed by atoms with van der Waals surface area (Å²) < 4.78 is 2.06. The molecule has 0 atom stereocenters. The van der Waals surface area contributed by atoms with Gasteiger partial charge in [0.2, 0.25) is 5.78 Å². The molecule has 128 valence electrons. The normalized spacial score (nSPS) is 11.0. The molecule has 0 spiro atoms. The van der Waals surface area contributed by atoms with Gasteiger partial charge in [0.15, 0.2) is 0 Å². The standard InChI is InChI=1S/C21H16ClN3O/c1-13-14(2)25(17-6-4-3-5-7-17)21-18(13)19(23-12-24-21)20(26)15-8-10-16(22)11-9-15/h3-12H,1-2H3. The van der Waals surface area contributed by atoms with Crippen LogP contribution >= 0.6 is 11.6 Å². The summed E-state index contributed by atoms with van der Waals surface area (Å²) in [7, 11) is 0. The zero-order chi connectivity index (χ0) is 18.3. The van der Waals surface area contributed by atoms with Crippen LogP contribution in [-0.2, 0) is 0 Å². The summed E-state index contributed by atoms with van der Waals surface area (Å²) >= 11 is 5.93. The molecule has 4 rings (SSSR count). The van der Waals surface area contributed by atoms with E-state index < -0.39 is 0 Å². The van der Waals surface area contributed by atoms with Gasteiger partial charge in [0, 0.05) is 22.0 Å². The highest BCUT2D eigenvalue weighted by atomic mass is 35.5. The number of hydrogen-bond donors (Lipinski definition) is 0. The molecule has 0 saturated heterocycles. The second-order valence-electron chi connectivity index (χ2n) is 6.14. The van der Waals surface area contributed by atoms with Gasteiger partial charge in [-0.05, 0) is 55.8 Å². The Morgan fingerprint density at radius 3 is 2.35 bits per heavy atom. The van der Waals surface area contributed by atoms with Gasteiger partial charge >= 0.3 is 0 Å². The summed E-state index contributed by atoms with van der Waals surface area (Å²) in [5.74, 6) is -0.137. The molecule has 2 heterocycles. The Labute approximate surface area is 156 Å². The third-order valence-electron chi connectivity index (χ3n) is 4.63. The average molecular weight is 362 g/mol. The van der Waals surface area contributed by atoms with E-state index >= 15 is 0 Å². The summed E-state index contributed by atoms with van der Waals surface area (Å²) in [6, 6.07) is 16.8. The lowest BCUT2D eigenvalue weighted by Crippen LogP contribution is -2.06. The molecule has 0 fully saturated rings. The van der Waals surface area contributed by atoms with Crippen LogP contribution in [0, 0.1) is 13.8 Å². The van der Waals surface area contributed by atoms with E-state index in [2.05, 4.69) is 14.5 Å². The monoisotopic (exact) mass is 361 g/mol. The molecular weight excluding hydrogens is 346 g/mol. The maximum Gasteiger partial charge on any atom is 0.212 e. The Balaban J connectivity index is 1.96. The number of hydrogen-bond acceptors (Lipinski definition) is 3. The summed E-state index contributed by atoms with van der Waals surface area (Å²) in [4.78, 5) is 21.8. The van der Waals surface area contributed by atoms with Crippen LogP contribution in [0.5, 0.6) is 0 Å². The van der Waals surface area contributed by atoms with Gasteiger partial charge in [0.25, 0.3) is 0 Å². The molecule has 2 aromatic heterocycles. The highest BCUT2D eigenvalue weighted by molar-refractivity contribution is 6.30. The Morgan fingerprint density at radius 2 is 1.65 bits per heavy atom. The van der Waals surface area contributed by atoms with Gasteiger partial charge in [-0.2, -0.15) is 0 Å². The number of ketones is 1.